The van der Waals surface area contributed by atoms with E-state index in [0.717, 1.165) is 19.6 Å². The van der Waals surface area contributed by atoms with E-state index in [0.29, 0.717) is 17.7 Å². The molecular formula is C12H23NO2. The Hall–Kier alpha value is -0.120. The zero-order valence-electron chi connectivity index (χ0n) is 10.2. The van der Waals surface area contributed by atoms with Gasteiger partial charge in [-0.15, -0.1) is 0 Å². The monoisotopic (exact) mass is 213 g/mol. The molecule has 88 valence electrons. The molecule has 2 aliphatic heterocycles. The lowest BCUT2D eigenvalue weighted by Crippen LogP contribution is -2.43. The topological polar surface area (TPSA) is 21.7 Å². The van der Waals surface area contributed by atoms with Crippen molar-refractivity contribution >= 4 is 0 Å². The molecule has 15 heavy (non-hydrogen) atoms. The van der Waals surface area contributed by atoms with E-state index in [4.69, 9.17) is 9.47 Å². The highest BCUT2D eigenvalue weighted by atomic mass is 16.5. The lowest BCUT2D eigenvalue weighted by molar-refractivity contribution is 0.00185. The van der Waals surface area contributed by atoms with Crippen molar-refractivity contribution < 1.29 is 9.47 Å². The maximum absolute atomic E-state index is 5.83. The van der Waals surface area contributed by atoms with Crippen molar-refractivity contribution in [2.75, 3.05) is 26.8 Å². The van der Waals surface area contributed by atoms with Gasteiger partial charge in [0, 0.05) is 19.2 Å². The van der Waals surface area contributed by atoms with Gasteiger partial charge in [-0.25, -0.2) is 0 Å². The summed E-state index contributed by atoms with van der Waals surface area (Å²) in [5, 5.41) is 0. The van der Waals surface area contributed by atoms with E-state index in [-0.39, 0.29) is 0 Å². The molecule has 0 aliphatic carbocycles. The number of rotatable bonds is 4. The SMILES string of the molecule is CO[C@H]1CN2CCCC2(COC(C)C)C1. The Labute approximate surface area is 92.7 Å². The third-order valence-corrected chi connectivity index (χ3v) is 3.79. The van der Waals surface area contributed by atoms with Crippen LogP contribution in [0.4, 0.5) is 0 Å². The van der Waals surface area contributed by atoms with Crippen molar-refractivity contribution in [2.24, 2.45) is 0 Å². The Morgan fingerprint density at radius 1 is 1.47 bits per heavy atom. The smallest absolute Gasteiger partial charge is 0.0716 e. The molecule has 0 aromatic heterocycles. The first-order chi connectivity index (χ1) is 7.16. The van der Waals surface area contributed by atoms with Crippen molar-refractivity contribution in [3.8, 4) is 0 Å². The minimum absolute atomic E-state index is 0.297. The third-order valence-electron chi connectivity index (χ3n) is 3.79. The summed E-state index contributed by atoms with van der Waals surface area (Å²) in [5.74, 6) is 0. The van der Waals surface area contributed by atoms with Crippen LogP contribution in [0.1, 0.15) is 33.1 Å². The second-order valence-electron chi connectivity index (χ2n) is 5.20. The molecule has 2 aliphatic rings. The molecule has 2 fully saturated rings. The fraction of sp³-hybridized carbons (Fsp3) is 1.00. The first-order valence-electron chi connectivity index (χ1n) is 6.06. The van der Waals surface area contributed by atoms with Crippen LogP contribution in [-0.2, 0) is 9.47 Å². The number of hydrogen-bond acceptors (Lipinski definition) is 3. The number of ether oxygens (including phenoxy) is 2. The summed E-state index contributed by atoms with van der Waals surface area (Å²) < 4.78 is 11.3. The van der Waals surface area contributed by atoms with Crippen LogP contribution in [0.15, 0.2) is 0 Å². The van der Waals surface area contributed by atoms with E-state index in [2.05, 4.69) is 18.7 Å². The fourth-order valence-corrected chi connectivity index (χ4v) is 2.95. The predicted octanol–water partition coefficient (Wildman–Crippen LogP) is 1.66. The van der Waals surface area contributed by atoms with Crippen LogP contribution >= 0.6 is 0 Å². The molecule has 0 aromatic rings. The van der Waals surface area contributed by atoms with Crippen LogP contribution in [0.5, 0.6) is 0 Å². The molecule has 2 rings (SSSR count). The summed E-state index contributed by atoms with van der Waals surface area (Å²) >= 11 is 0. The van der Waals surface area contributed by atoms with E-state index in [1.807, 2.05) is 7.11 Å². The minimum atomic E-state index is 0.297. The van der Waals surface area contributed by atoms with Crippen LogP contribution in [-0.4, -0.2) is 49.5 Å². The van der Waals surface area contributed by atoms with E-state index in [1.54, 1.807) is 0 Å². The van der Waals surface area contributed by atoms with Crippen LogP contribution in [0.25, 0.3) is 0 Å². The summed E-state index contributed by atoms with van der Waals surface area (Å²) in [6.07, 6.45) is 4.50. The van der Waals surface area contributed by atoms with E-state index in [1.165, 1.54) is 19.4 Å². The summed E-state index contributed by atoms with van der Waals surface area (Å²) in [7, 11) is 1.82. The first-order valence-corrected chi connectivity index (χ1v) is 6.06. The Kier molecular flexibility index (Phi) is 3.33. The van der Waals surface area contributed by atoms with Gasteiger partial charge >= 0.3 is 0 Å². The summed E-state index contributed by atoms with van der Waals surface area (Å²) in [5.41, 5.74) is 0.297. The van der Waals surface area contributed by atoms with Crippen LogP contribution in [0.2, 0.25) is 0 Å². The summed E-state index contributed by atoms with van der Waals surface area (Å²) in [6, 6.07) is 0. The van der Waals surface area contributed by atoms with Crippen molar-refractivity contribution in [1.82, 2.24) is 4.90 Å². The molecule has 2 saturated heterocycles. The Balaban J connectivity index is 1.97. The molecule has 3 heteroatoms. The number of hydrogen-bond donors (Lipinski definition) is 0. The summed E-state index contributed by atoms with van der Waals surface area (Å²) in [6.45, 7) is 7.42. The quantitative estimate of drug-likeness (QED) is 0.709. The zero-order chi connectivity index (χ0) is 10.9. The Bertz CT molecular complexity index is 220. The van der Waals surface area contributed by atoms with Crippen LogP contribution in [0, 0.1) is 0 Å². The van der Waals surface area contributed by atoms with Crippen molar-refractivity contribution in [2.45, 2.75) is 50.9 Å². The van der Waals surface area contributed by atoms with Gasteiger partial charge < -0.3 is 9.47 Å². The molecular weight excluding hydrogens is 190 g/mol. The van der Waals surface area contributed by atoms with Gasteiger partial charge in [0.05, 0.1) is 18.8 Å². The van der Waals surface area contributed by atoms with Crippen molar-refractivity contribution in [1.29, 1.82) is 0 Å². The van der Waals surface area contributed by atoms with E-state index >= 15 is 0 Å². The molecule has 0 N–H and O–H groups in total. The van der Waals surface area contributed by atoms with Crippen molar-refractivity contribution in [3.05, 3.63) is 0 Å². The molecule has 0 saturated carbocycles. The van der Waals surface area contributed by atoms with Crippen LogP contribution in [0.3, 0.4) is 0 Å². The van der Waals surface area contributed by atoms with Gasteiger partial charge in [-0.1, -0.05) is 0 Å². The third kappa shape index (κ3) is 2.19. The fourth-order valence-electron chi connectivity index (χ4n) is 2.95. The van der Waals surface area contributed by atoms with Gasteiger partial charge in [0.1, 0.15) is 0 Å². The van der Waals surface area contributed by atoms with Gasteiger partial charge in [0.2, 0.25) is 0 Å². The largest absolute Gasteiger partial charge is 0.380 e. The normalized spacial score (nSPS) is 36.4. The zero-order valence-corrected chi connectivity index (χ0v) is 10.2. The highest BCUT2D eigenvalue weighted by molar-refractivity contribution is 5.03. The summed E-state index contributed by atoms with van der Waals surface area (Å²) in [4.78, 5) is 2.57. The minimum Gasteiger partial charge on any atom is -0.380 e. The van der Waals surface area contributed by atoms with Crippen LogP contribution < -0.4 is 0 Å². The number of methoxy groups -OCH3 is 1. The lowest BCUT2D eigenvalue weighted by atomic mass is 9.94. The molecule has 0 radical (unpaired) electrons. The van der Waals surface area contributed by atoms with Gasteiger partial charge in [-0.2, -0.15) is 0 Å². The Morgan fingerprint density at radius 2 is 2.27 bits per heavy atom. The van der Waals surface area contributed by atoms with Gasteiger partial charge in [0.25, 0.3) is 0 Å². The lowest BCUT2D eigenvalue weighted by Gasteiger charge is -2.32. The second kappa shape index (κ2) is 4.40. The molecule has 2 heterocycles. The average Bonchev–Trinajstić information content (AvgIpc) is 2.70. The first kappa shape index (κ1) is 11.4. The average molecular weight is 213 g/mol. The number of nitrogens with zero attached hydrogens (tertiary/aromatic N) is 1. The van der Waals surface area contributed by atoms with E-state index < -0.39 is 0 Å². The van der Waals surface area contributed by atoms with Gasteiger partial charge in [-0.05, 0) is 39.7 Å². The number of fused-ring (bicyclic) bond motifs is 1. The van der Waals surface area contributed by atoms with Gasteiger partial charge in [-0.3, -0.25) is 4.90 Å². The predicted molar refractivity (Wildman–Crippen MR) is 60.0 cm³/mol. The maximum atomic E-state index is 5.83. The molecule has 0 amide bonds. The highest BCUT2D eigenvalue weighted by Gasteiger charge is 2.48. The Morgan fingerprint density at radius 3 is 2.93 bits per heavy atom. The molecule has 0 aromatic carbocycles. The molecule has 1 unspecified atom stereocenters. The van der Waals surface area contributed by atoms with Gasteiger partial charge in [0.15, 0.2) is 0 Å². The molecule has 2 atom stereocenters. The van der Waals surface area contributed by atoms with Crippen molar-refractivity contribution in [3.63, 3.8) is 0 Å². The highest BCUT2D eigenvalue weighted by Crippen LogP contribution is 2.40. The molecule has 0 spiro atoms. The molecule has 3 nitrogen and oxygen atoms in total. The second-order valence-corrected chi connectivity index (χ2v) is 5.20. The maximum Gasteiger partial charge on any atom is 0.0716 e. The standard InChI is InChI=1S/C12H23NO2/c1-10(2)15-9-12-5-4-6-13(12)8-11(7-12)14-3/h10-11H,4-9H2,1-3H3/t11-,12?/m1/s1. The van der Waals surface area contributed by atoms with E-state index in [9.17, 15) is 0 Å². The molecule has 0 bridgehead atoms.